The van der Waals surface area contributed by atoms with Gasteiger partial charge in [-0.2, -0.15) is 0 Å². The van der Waals surface area contributed by atoms with E-state index >= 15 is 0 Å². The van der Waals surface area contributed by atoms with E-state index in [1.165, 1.54) is 12.1 Å². The summed E-state index contributed by atoms with van der Waals surface area (Å²) in [5, 5.41) is 14.9. The van der Waals surface area contributed by atoms with Gasteiger partial charge < -0.3 is 9.73 Å². The number of halogens is 1. The molecule has 9 heteroatoms. The third-order valence-electron chi connectivity index (χ3n) is 2.19. The van der Waals surface area contributed by atoms with Crippen molar-refractivity contribution in [3.63, 3.8) is 0 Å². The largest absolute Gasteiger partial charge is 0.406 e. The van der Waals surface area contributed by atoms with E-state index in [0.717, 1.165) is 0 Å². The van der Waals surface area contributed by atoms with Crippen molar-refractivity contribution in [1.29, 1.82) is 0 Å². The van der Waals surface area contributed by atoms with Crippen LogP contribution < -0.4 is 10.5 Å². The van der Waals surface area contributed by atoms with Gasteiger partial charge in [-0.05, 0) is 25.1 Å². The summed E-state index contributed by atoms with van der Waals surface area (Å²) in [7, 11) is -3.75. The Balaban J connectivity index is 2.23. The Hall–Kier alpha value is -1.64. The molecular formula is C10H11ClN4O3S. The minimum absolute atomic E-state index is 0.0112. The highest BCUT2D eigenvalue weighted by molar-refractivity contribution is 7.89. The minimum Gasteiger partial charge on any atom is -0.406 e. The molecule has 1 aromatic heterocycles. The lowest BCUT2D eigenvalue weighted by Crippen LogP contribution is -2.12. The molecule has 0 amide bonds. The third-order valence-corrected chi connectivity index (χ3v) is 3.29. The molecule has 0 saturated carbocycles. The molecule has 1 aromatic carbocycles. The molecule has 3 N–H and O–H groups in total. The summed E-state index contributed by atoms with van der Waals surface area (Å²) in [4.78, 5) is -0.0112. The van der Waals surface area contributed by atoms with Crippen molar-refractivity contribution < 1.29 is 12.8 Å². The number of hydrogen-bond acceptors (Lipinski definition) is 6. The molecule has 2 aromatic rings. The molecule has 0 aliphatic heterocycles. The van der Waals surface area contributed by atoms with Gasteiger partial charge in [0.2, 0.25) is 15.9 Å². The van der Waals surface area contributed by atoms with E-state index in [4.69, 9.17) is 21.2 Å². The number of benzene rings is 1. The smallest absolute Gasteiger partial charge is 0.320 e. The van der Waals surface area contributed by atoms with Crippen LogP contribution in [0.1, 0.15) is 18.2 Å². The summed E-state index contributed by atoms with van der Waals surface area (Å²) in [6.07, 6.45) is 0. The molecule has 0 spiro atoms. The number of nitrogens with one attached hydrogen (secondary N) is 1. The fraction of sp³-hybridized carbons (Fsp3) is 0.200. The zero-order valence-electron chi connectivity index (χ0n) is 9.87. The van der Waals surface area contributed by atoms with Crippen molar-refractivity contribution in [2.24, 2.45) is 5.14 Å². The molecular weight excluding hydrogens is 292 g/mol. The van der Waals surface area contributed by atoms with Crippen LogP contribution in [0.15, 0.2) is 33.6 Å². The van der Waals surface area contributed by atoms with Gasteiger partial charge in [0.1, 0.15) is 5.38 Å². The standard InChI is InChI=1S/C10H11ClN4O3S/c1-6(11)9-14-15-10(18-9)13-7-3-2-4-8(5-7)19(12,16)17/h2-6H,1H3,(H,13,15)(H2,12,16,17). The van der Waals surface area contributed by atoms with Gasteiger partial charge in [0, 0.05) is 5.69 Å². The van der Waals surface area contributed by atoms with E-state index in [2.05, 4.69) is 15.5 Å². The fourth-order valence-electron chi connectivity index (χ4n) is 1.32. The average Bonchev–Trinajstić information content (AvgIpc) is 2.77. The predicted octanol–water partition coefficient (Wildman–Crippen LogP) is 1.76. The number of nitrogens with two attached hydrogens (primary N) is 1. The first-order valence-corrected chi connectivity index (χ1v) is 7.22. The quantitative estimate of drug-likeness (QED) is 0.832. The maximum atomic E-state index is 11.2. The monoisotopic (exact) mass is 302 g/mol. The Bertz CT molecular complexity index is 684. The van der Waals surface area contributed by atoms with E-state index in [-0.39, 0.29) is 16.8 Å². The Morgan fingerprint density at radius 1 is 1.42 bits per heavy atom. The van der Waals surface area contributed by atoms with Crippen molar-refractivity contribution in [2.75, 3.05) is 5.32 Å². The Morgan fingerprint density at radius 2 is 2.16 bits per heavy atom. The normalized spacial score (nSPS) is 13.2. The van der Waals surface area contributed by atoms with Crippen LogP contribution in [0.3, 0.4) is 0 Å². The molecule has 1 atom stereocenters. The summed E-state index contributed by atoms with van der Waals surface area (Å²) in [5.41, 5.74) is 0.462. The summed E-state index contributed by atoms with van der Waals surface area (Å²) < 4.78 is 27.7. The third kappa shape index (κ3) is 3.43. The van der Waals surface area contributed by atoms with Crippen LogP contribution in [0, 0.1) is 0 Å². The van der Waals surface area contributed by atoms with Gasteiger partial charge in [-0.25, -0.2) is 13.6 Å². The highest BCUT2D eigenvalue weighted by atomic mass is 35.5. The number of anilines is 2. The second kappa shape index (κ2) is 5.16. The highest BCUT2D eigenvalue weighted by Crippen LogP contribution is 2.22. The van der Waals surface area contributed by atoms with Crippen molar-refractivity contribution in [2.45, 2.75) is 17.2 Å². The van der Waals surface area contributed by atoms with Gasteiger partial charge in [0.15, 0.2) is 0 Å². The van der Waals surface area contributed by atoms with Crippen LogP contribution in [-0.2, 0) is 10.0 Å². The number of sulfonamides is 1. The topological polar surface area (TPSA) is 111 Å². The molecule has 0 radical (unpaired) electrons. The number of alkyl halides is 1. The SMILES string of the molecule is CC(Cl)c1nnc(Nc2cccc(S(N)(=O)=O)c2)o1. The van der Waals surface area contributed by atoms with E-state index < -0.39 is 15.4 Å². The lowest BCUT2D eigenvalue weighted by Gasteiger charge is -2.03. The maximum absolute atomic E-state index is 11.2. The number of rotatable bonds is 4. The van der Waals surface area contributed by atoms with E-state index in [1.54, 1.807) is 19.1 Å². The fourth-order valence-corrected chi connectivity index (χ4v) is 1.97. The van der Waals surface area contributed by atoms with Crippen LogP contribution in [-0.4, -0.2) is 18.6 Å². The van der Waals surface area contributed by atoms with Gasteiger partial charge in [-0.15, -0.1) is 16.7 Å². The van der Waals surface area contributed by atoms with Gasteiger partial charge >= 0.3 is 6.01 Å². The van der Waals surface area contributed by atoms with Gasteiger partial charge in [0.25, 0.3) is 0 Å². The second-order valence-electron chi connectivity index (χ2n) is 3.76. The molecule has 1 unspecified atom stereocenters. The van der Waals surface area contributed by atoms with Crippen LogP contribution in [0.25, 0.3) is 0 Å². The number of hydrogen-bond donors (Lipinski definition) is 2. The maximum Gasteiger partial charge on any atom is 0.320 e. The molecule has 7 nitrogen and oxygen atoms in total. The van der Waals surface area contributed by atoms with E-state index in [9.17, 15) is 8.42 Å². The molecule has 2 rings (SSSR count). The number of aromatic nitrogens is 2. The molecule has 19 heavy (non-hydrogen) atoms. The summed E-state index contributed by atoms with van der Waals surface area (Å²) in [5.74, 6) is 0.270. The van der Waals surface area contributed by atoms with Gasteiger partial charge in [-0.1, -0.05) is 11.2 Å². The van der Waals surface area contributed by atoms with Gasteiger partial charge in [0.05, 0.1) is 4.90 Å². The Morgan fingerprint density at radius 3 is 2.74 bits per heavy atom. The van der Waals surface area contributed by atoms with Crippen LogP contribution in [0.5, 0.6) is 0 Å². The summed E-state index contributed by atoms with van der Waals surface area (Å²) in [6, 6.07) is 6.06. The lowest BCUT2D eigenvalue weighted by atomic mass is 10.3. The summed E-state index contributed by atoms with van der Waals surface area (Å²) >= 11 is 5.78. The second-order valence-corrected chi connectivity index (χ2v) is 5.98. The van der Waals surface area contributed by atoms with Crippen LogP contribution >= 0.6 is 11.6 Å². The zero-order valence-corrected chi connectivity index (χ0v) is 11.4. The molecule has 0 fully saturated rings. The average molecular weight is 303 g/mol. The Labute approximate surface area is 114 Å². The van der Waals surface area contributed by atoms with Crippen LogP contribution in [0.4, 0.5) is 11.7 Å². The van der Waals surface area contributed by atoms with Gasteiger partial charge in [-0.3, -0.25) is 0 Å². The first-order valence-electron chi connectivity index (χ1n) is 5.23. The molecule has 102 valence electrons. The highest BCUT2D eigenvalue weighted by Gasteiger charge is 2.12. The number of nitrogens with zero attached hydrogens (tertiary/aromatic N) is 2. The van der Waals surface area contributed by atoms with E-state index in [1.807, 2.05) is 0 Å². The first-order chi connectivity index (χ1) is 8.86. The number of primary sulfonamides is 1. The van der Waals surface area contributed by atoms with E-state index in [0.29, 0.717) is 5.69 Å². The molecule has 0 saturated heterocycles. The summed E-state index contributed by atoms with van der Waals surface area (Å²) in [6.45, 7) is 1.69. The first kappa shape index (κ1) is 13.8. The Kier molecular flexibility index (Phi) is 3.74. The lowest BCUT2D eigenvalue weighted by molar-refractivity contribution is 0.510. The van der Waals surface area contributed by atoms with Crippen molar-refractivity contribution in [1.82, 2.24) is 10.2 Å². The minimum atomic E-state index is -3.75. The molecule has 1 heterocycles. The zero-order chi connectivity index (χ0) is 14.0. The van der Waals surface area contributed by atoms with Crippen LogP contribution in [0.2, 0.25) is 0 Å². The van der Waals surface area contributed by atoms with Crippen molar-refractivity contribution >= 4 is 33.3 Å². The molecule has 0 aliphatic rings. The van der Waals surface area contributed by atoms with Crippen molar-refractivity contribution in [3.05, 3.63) is 30.2 Å². The molecule has 0 bridgehead atoms. The van der Waals surface area contributed by atoms with Crippen molar-refractivity contribution in [3.8, 4) is 0 Å². The predicted molar refractivity (Wildman–Crippen MR) is 69.7 cm³/mol. The molecule has 0 aliphatic carbocycles.